The Labute approximate surface area is 162 Å². The summed E-state index contributed by atoms with van der Waals surface area (Å²) in [5, 5.41) is 0.424. The zero-order valence-corrected chi connectivity index (χ0v) is 15.3. The molecular weight excluding hydrogens is 352 g/mol. The van der Waals surface area contributed by atoms with Gasteiger partial charge in [-0.2, -0.15) is 0 Å². The number of carbonyl (C=O) groups is 1. The largest absolute Gasteiger partial charge is 0.478 e. The number of ether oxygens (including phenoxy) is 1. The van der Waals surface area contributed by atoms with Crippen LogP contribution in [0.3, 0.4) is 0 Å². The zero-order chi connectivity index (χ0) is 19.5. The molecule has 0 N–H and O–H groups in total. The molecule has 4 nitrogen and oxygen atoms in total. The van der Waals surface area contributed by atoms with E-state index in [0.29, 0.717) is 27.9 Å². The molecule has 4 aromatic rings. The van der Waals surface area contributed by atoms with Gasteiger partial charge in [0.05, 0.1) is 5.39 Å². The van der Waals surface area contributed by atoms with Crippen molar-refractivity contribution < 1.29 is 13.9 Å². The molecule has 0 saturated heterocycles. The predicted molar refractivity (Wildman–Crippen MR) is 109 cm³/mol. The summed E-state index contributed by atoms with van der Waals surface area (Å²) in [6, 6.07) is 23.5. The summed E-state index contributed by atoms with van der Waals surface area (Å²) in [7, 11) is 0. The van der Waals surface area contributed by atoms with Crippen molar-refractivity contribution >= 4 is 16.8 Å². The van der Waals surface area contributed by atoms with Crippen LogP contribution in [-0.2, 0) is 0 Å². The summed E-state index contributed by atoms with van der Waals surface area (Å²) in [5.74, 6) is 0.166. The molecule has 0 fully saturated rings. The Balaban J connectivity index is 1.79. The fraction of sp³-hybridized carbons (Fsp3) is 0.0833. The second-order valence-corrected chi connectivity index (χ2v) is 6.53. The van der Waals surface area contributed by atoms with Gasteiger partial charge in [-0.1, -0.05) is 66.7 Å². The van der Waals surface area contributed by atoms with Crippen LogP contribution in [-0.4, -0.2) is 12.4 Å². The molecule has 1 aromatic heterocycles. The van der Waals surface area contributed by atoms with Gasteiger partial charge in [-0.25, -0.2) is 0 Å². The summed E-state index contributed by atoms with van der Waals surface area (Å²) in [6.45, 7) is 1.69. The Morgan fingerprint density at radius 3 is 2.32 bits per heavy atom. The van der Waals surface area contributed by atoms with Gasteiger partial charge >= 0.3 is 0 Å². The van der Waals surface area contributed by atoms with E-state index in [1.807, 2.05) is 55.5 Å². The number of fused-ring (bicyclic) bond motifs is 1. The van der Waals surface area contributed by atoms with Crippen LogP contribution in [0.1, 0.15) is 15.9 Å². The lowest BCUT2D eigenvalue weighted by molar-refractivity contribution is 0.0920. The van der Waals surface area contributed by atoms with Crippen molar-refractivity contribution in [3.05, 3.63) is 100 Å². The summed E-state index contributed by atoms with van der Waals surface area (Å²) in [5.41, 5.74) is 2.43. The lowest BCUT2D eigenvalue weighted by Gasteiger charge is -2.11. The Bertz CT molecular complexity index is 1190. The third-order valence-electron chi connectivity index (χ3n) is 4.49. The van der Waals surface area contributed by atoms with Crippen molar-refractivity contribution in [1.82, 2.24) is 0 Å². The van der Waals surface area contributed by atoms with E-state index < -0.39 is 0 Å². The first-order valence-electron chi connectivity index (χ1n) is 8.97. The van der Waals surface area contributed by atoms with Crippen LogP contribution in [0, 0.1) is 6.92 Å². The third kappa shape index (κ3) is 3.45. The van der Waals surface area contributed by atoms with E-state index in [1.54, 1.807) is 30.3 Å². The molecule has 0 amide bonds. The normalized spacial score (nSPS) is 10.8. The molecule has 0 aliphatic rings. The Kier molecular flexibility index (Phi) is 4.77. The quantitative estimate of drug-likeness (QED) is 0.462. The third-order valence-corrected chi connectivity index (χ3v) is 4.49. The van der Waals surface area contributed by atoms with Crippen molar-refractivity contribution in [3.8, 4) is 17.1 Å². The smallest absolute Gasteiger partial charge is 0.235 e. The SMILES string of the molecule is Cc1ccc2c(=O)c(OCC(=O)c3ccccc3)c(-c3ccccc3)oc2c1. The lowest BCUT2D eigenvalue weighted by atomic mass is 10.1. The maximum absolute atomic E-state index is 13.1. The summed E-state index contributed by atoms with van der Waals surface area (Å²) < 4.78 is 11.8. The van der Waals surface area contributed by atoms with Gasteiger partial charge in [0.15, 0.2) is 18.2 Å². The van der Waals surface area contributed by atoms with E-state index in [4.69, 9.17) is 9.15 Å². The average Bonchev–Trinajstić information content (AvgIpc) is 2.73. The lowest BCUT2D eigenvalue weighted by Crippen LogP contribution is -2.17. The highest BCUT2D eigenvalue weighted by Gasteiger charge is 2.19. The van der Waals surface area contributed by atoms with E-state index >= 15 is 0 Å². The monoisotopic (exact) mass is 370 g/mol. The van der Waals surface area contributed by atoms with E-state index in [2.05, 4.69) is 0 Å². The molecule has 0 atom stereocenters. The van der Waals surface area contributed by atoms with E-state index in [9.17, 15) is 9.59 Å². The van der Waals surface area contributed by atoms with Gasteiger partial charge < -0.3 is 9.15 Å². The first kappa shape index (κ1) is 17.7. The maximum atomic E-state index is 13.1. The van der Waals surface area contributed by atoms with Crippen LogP contribution < -0.4 is 10.2 Å². The van der Waals surface area contributed by atoms with Crippen LogP contribution in [0.5, 0.6) is 5.75 Å². The van der Waals surface area contributed by atoms with Crippen molar-refractivity contribution in [2.45, 2.75) is 6.92 Å². The van der Waals surface area contributed by atoms with Gasteiger partial charge in [0.1, 0.15) is 5.58 Å². The molecule has 0 unspecified atom stereocenters. The first-order valence-corrected chi connectivity index (χ1v) is 8.97. The van der Waals surface area contributed by atoms with E-state index in [-0.39, 0.29) is 23.6 Å². The highest BCUT2D eigenvalue weighted by atomic mass is 16.5. The molecule has 0 radical (unpaired) electrons. The number of hydrogen-bond acceptors (Lipinski definition) is 4. The number of ketones is 1. The molecule has 0 aliphatic heterocycles. The van der Waals surface area contributed by atoms with Gasteiger partial charge in [0.2, 0.25) is 11.2 Å². The number of carbonyl (C=O) groups excluding carboxylic acids is 1. The molecule has 28 heavy (non-hydrogen) atoms. The minimum Gasteiger partial charge on any atom is -0.478 e. The summed E-state index contributed by atoms with van der Waals surface area (Å²) >= 11 is 0. The molecule has 0 spiro atoms. The predicted octanol–water partition coefficient (Wildman–Crippen LogP) is 5.03. The topological polar surface area (TPSA) is 56.5 Å². The highest BCUT2D eigenvalue weighted by molar-refractivity contribution is 5.97. The van der Waals surface area contributed by atoms with Gasteiger partial charge in [0.25, 0.3) is 0 Å². The van der Waals surface area contributed by atoms with E-state index in [0.717, 1.165) is 5.56 Å². The molecule has 1 heterocycles. The van der Waals surface area contributed by atoms with Crippen LogP contribution in [0.25, 0.3) is 22.3 Å². The minimum atomic E-state index is -0.291. The number of aryl methyl sites for hydroxylation is 1. The Morgan fingerprint density at radius 2 is 1.61 bits per heavy atom. The molecule has 4 rings (SSSR count). The molecule has 0 saturated carbocycles. The van der Waals surface area contributed by atoms with Crippen LogP contribution in [0.2, 0.25) is 0 Å². The van der Waals surface area contributed by atoms with Gasteiger partial charge in [-0.15, -0.1) is 0 Å². The highest BCUT2D eigenvalue weighted by Crippen LogP contribution is 2.31. The zero-order valence-electron chi connectivity index (χ0n) is 15.3. The number of Topliss-reactive ketones (excluding diaryl/α,β-unsaturated/α-hetero) is 1. The Morgan fingerprint density at radius 1 is 0.929 bits per heavy atom. The molecular formula is C24H18O4. The molecule has 138 valence electrons. The standard InChI is InChI=1S/C24H18O4/c1-16-12-13-19-21(14-16)28-23(18-10-6-3-7-11-18)24(22(19)26)27-15-20(25)17-8-4-2-5-9-17/h2-14H,15H2,1H3. The Hall–Kier alpha value is -3.66. The number of benzene rings is 3. The van der Waals surface area contributed by atoms with Gasteiger partial charge in [0, 0.05) is 11.1 Å². The van der Waals surface area contributed by atoms with Gasteiger partial charge in [-0.3, -0.25) is 9.59 Å². The number of hydrogen-bond donors (Lipinski definition) is 0. The fourth-order valence-corrected chi connectivity index (χ4v) is 3.04. The minimum absolute atomic E-state index is 0.0480. The second-order valence-electron chi connectivity index (χ2n) is 6.53. The van der Waals surface area contributed by atoms with Crippen molar-refractivity contribution in [2.24, 2.45) is 0 Å². The number of rotatable bonds is 5. The van der Waals surface area contributed by atoms with E-state index in [1.165, 1.54) is 0 Å². The average molecular weight is 370 g/mol. The molecule has 4 heteroatoms. The van der Waals surface area contributed by atoms with Crippen molar-refractivity contribution in [1.29, 1.82) is 0 Å². The summed E-state index contributed by atoms with van der Waals surface area (Å²) in [4.78, 5) is 25.5. The second kappa shape index (κ2) is 7.53. The first-order chi connectivity index (χ1) is 13.6. The molecule has 3 aromatic carbocycles. The van der Waals surface area contributed by atoms with Crippen molar-refractivity contribution in [3.63, 3.8) is 0 Å². The van der Waals surface area contributed by atoms with Crippen LogP contribution >= 0.6 is 0 Å². The van der Waals surface area contributed by atoms with Crippen LogP contribution in [0.4, 0.5) is 0 Å². The summed E-state index contributed by atoms with van der Waals surface area (Å²) in [6.07, 6.45) is 0. The van der Waals surface area contributed by atoms with Crippen molar-refractivity contribution in [2.75, 3.05) is 6.61 Å². The molecule has 0 aliphatic carbocycles. The van der Waals surface area contributed by atoms with Crippen LogP contribution in [0.15, 0.2) is 88.1 Å². The van der Waals surface area contributed by atoms with Gasteiger partial charge in [-0.05, 0) is 24.6 Å². The molecule has 0 bridgehead atoms. The maximum Gasteiger partial charge on any atom is 0.235 e. The fourth-order valence-electron chi connectivity index (χ4n) is 3.04.